The average molecular weight is 473 g/mol. The number of carbonyl (C=O) groups excluding carboxylic acids is 1. The van der Waals surface area contributed by atoms with Gasteiger partial charge in [0.1, 0.15) is 11.5 Å². The number of aromatic nitrogens is 2. The number of aliphatic hydroxyl groups excluding tert-OH is 1. The van der Waals surface area contributed by atoms with Gasteiger partial charge >= 0.3 is 0 Å². The Morgan fingerprint density at radius 3 is 2.29 bits per heavy atom. The summed E-state index contributed by atoms with van der Waals surface area (Å²) in [6.07, 6.45) is 9.73. The Bertz CT molecular complexity index is 1100. The van der Waals surface area contributed by atoms with Gasteiger partial charge in [-0.15, -0.1) is 0 Å². The minimum absolute atomic E-state index is 0.0212. The second-order valence-electron chi connectivity index (χ2n) is 9.91. The molecule has 0 radical (unpaired) electrons. The first-order valence-electron chi connectivity index (χ1n) is 12.8. The summed E-state index contributed by atoms with van der Waals surface area (Å²) in [6, 6.07) is 15.5. The highest BCUT2D eigenvalue weighted by molar-refractivity contribution is 5.83. The Labute approximate surface area is 208 Å². The van der Waals surface area contributed by atoms with Gasteiger partial charge in [-0.1, -0.05) is 68.5 Å². The quantitative estimate of drug-likeness (QED) is 0.398. The standard InChI is InChI=1S/C30H36N2O3/c1-21(2)35-27-14-10-23(11-15-27)16-26(34)18-28-29(17-22-6-4-3-5-7-22)32-30(19-31-28)25-12-8-24(20-33)9-13-25/h8-15,19,21-22,33H,3-7,16-18,20H2,1-2H3. The van der Waals surface area contributed by atoms with Gasteiger partial charge in [0.2, 0.25) is 0 Å². The molecule has 0 unspecified atom stereocenters. The maximum atomic E-state index is 13.0. The van der Waals surface area contributed by atoms with E-state index in [1.54, 1.807) is 6.20 Å². The molecule has 0 aliphatic heterocycles. The molecule has 35 heavy (non-hydrogen) atoms. The number of carbonyl (C=O) groups is 1. The van der Waals surface area contributed by atoms with Gasteiger partial charge in [-0.2, -0.15) is 0 Å². The lowest BCUT2D eigenvalue weighted by atomic mass is 9.85. The monoisotopic (exact) mass is 472 g/mol. The van der Waals surface area contributed by atoms with E-state index >= 15 is 0 Å². The van der Waals surface area contributed by atoms with E-state index < -0.39 is 0 Å². The summed E-state index contributed by atoms with van der Waals surface area (Å²) >= 11 is 0. The molecule has 0 atom stereocenters. The number of Topliss-reactive ketones (excluding diaryl/α,β-unsaturated/α-hetero) is 1. The molecule has 184 valence electrons. The minimum atomic E-state index is 0.0212. The van der Waals surface area contributed by atoms with Crippen LogP contribution in [0.1, 0.15) is 68.5 Å². The third-order valence-corrected chi connectivity index (χ3v) is 6.63. The topological polar surface area (TPSA) is 72.3 Å². The van der Waals surface area contributed by atoms with Gasteiger partial charge in [0.15, 0.2) is 0 Å². The minimum Gasteiger partial charge on any atom is -0.491 e. The van der Waals surface area contributed by atoms with Crippen LogP contribution >= 0.6 is 0 Å². The first-order valence-corrected chi connectivity index (χ1v) is 12.8. The molecular weight excluding hydrogens is 436 g/mol. The number of hydrogen-bond acceptors (Lipinski definition) is 5. The van der Waals surface area contributed by atoms with E-state index in [1.807, 2.05) is 62.4 Å². The Kier molecular flexibility index (Phi) is 8.64. The molecule has 0 spiro atoms. The molecule has 1 aromatic heterocycles. The largest absolute Gasteiger partial charge is 0.491 e. The molecule has 0 saturated heterocycles. The van der Waals surface area contributed by atoms with Crippen molar-refractivity contribution in [3.63, 3.8) is 0 Å². The van der Waals surface area contributed by atoms with Crippen LogP contribution in [-0.2, 0) is 30.7 Å². The van der Waals surface area contributed by atoms with Crippen LogP contribution in [0.4, 0.5) is 0 Å². The third kappa shape index (κ3) is 7.22. The SMILES string of the molecule is CC(C)Oc1ccc(CC(=O)Cc2ncc(-c3ccc(CO)cc3)nc2CC2CCCCC2)cc1. The lowest BCUT2D eigenvalue weighted by molar-refractivity contribution is -0.117. The van der Waals surface area contributed by atoms with E-state index in [0.29, 0.717) is 18.8 Å². The Balaban J connectivity index is 1.50. The second-order valence-corrected chi connectivity index (χ2v) is 9.91. The fraction of sp³-hybridized carbons (Fsp3) is 0.433. The number of benzene rings is 2. The van der Waals surface area contributed by atoms with Crippen molar-refractivity contribution in [2.24, 2.45) is 5.92 Å². The highest BCUT2D eigenvalue weighted by Crippen LogP contribution is 2.28. The van der Waals surface area contributed by atoms with E-state index in [0.717, 1.165) is 45.9 Å². The fourth-order valence-electron chi connectivity index (χ4n) is 4.78. The van der Waals surface area contributed by atoms with Gasteiger partial charge in [-0.25, -0.2) is 4.98 Å². The van der Waals surface area contributed by atoms with Gasteiger partial charge in [0.05, 0.1) is 42.4 Å². The van der Waals surface area contributed by atoms with Crippen LogP contribution in [0.25, 0.3) is 11.3 Å². The Morgan fingerprint density at radius 1 is 0.943 bits per heavy atom. The maximum Gasteiger partial charge on any atom is 0.143 e. The molecule has 1 saturated carbocycles. The average Bonchev–Trinajstić information content (AvgIpc) is 2.87. The molecule has 0 bridgehead atoms. The fourth-order valence-corrected chi connectivity index (χ4v) is 4.78. The summed E-state index contributed by atoms with van der Waals surface area (Å²) in [4.78, 5) is 22.7. The second kappa shape index (κ2) is 12.1. The predicted molar refractivity (Wildman–Crippen MR) is 138 cm³/mol. The highest BCUT2D eigenvalue weighted by atomic mass is 16.5. The summed E-state index contributed by atoms with van der Waals surface area (Å²) in [5.41, 5.74) is 5.40. The molecule has 2 aromatic carbocycles. The zero-order valence-corrected chi connectivity index (χ0v) is 20.9. The van der Waals surface area contributed by atoms with Crippen LogP contribution in [0.2, 0.25) is 0 Å². The van der Waals surface area contributed by atoms with Crippen molar-refractivity contribution in [1.82, 2.24) is 9.97 Å². The van der Waals surface area contributed by atoms with E-state index in [2.05, 4.69) is 0 Å². The van der Waals surface area contributed by atoms with Crippen molar-refractivity contribution >= 4 is 5.78 Å². The molecule has 5 heteroatoms. The van der Waals surface area contributed by atoms with E-state index in [1.165, 1.54) is 32.1 Å². The van der Waals surface area contributed by atoms with Crippen LogP contribution in [0.5, 0.6) is 5.75 Å². The zero-order valence-electron chi connectivity index (χ0n) is 20.9. The van der Waals surface area contributed by atoms with Crippen molar-refractivity contribution in [3.8, 4) is 17.0 Å². The molecule has 3 aromatic rings. The number of ketones is 1. The van der Waals surface area contributed by atoms with Crippen molar-refractivity contribution in [2.45, 2.75) is 77.9 Å². The number of ether oxygens (including phenoxy) is 1. The molecule has 4 rings (SSSR count). The first kappa shape index (κ1) is 25.1. The molecular formula is C30H36N2O3. The van der Waals surface area contributed by atoms with E-state index in [4.69, 9.17) is 14.7 Å². The summed E-state index contributed by atoms with van der Waals surface area (Å²) in [7, 11) is 0. The predicted octanol–water partition coefficient (Wildman–Crippen LogP) is 5.90. The Hall–Kier alpha value is -3.05. The number of nitrogens with zero attached hydrogens (tertiary/aromatic N) is 2. The normalized spacial score (nSPS) is 14.3. The zero-order chi connectivity index (χ0) is 24.6. The van der Waals surface area contributed by atoms with Crippen molar-refractivity contribution < 1.29 is 14.6 Å². The van der Waals surface area contributed by atoms with Crippen molar-refractivity contribution in [2.75, 3.05) is 0 Å². The molecule has 1 fully saturated rings. The molecule has 1 aliphatic rings. The molecule has 5 nitrogen and oxygen atoms in total. The Morgan fingerprint density at radius 2 is 1.63 bits per heavy atom. The lowest BCUT2D eigenvalue weighted by Crippen LogP contribution is -2.16. The highest BCUT2D eigenvalue weighted by Gasteiger charge is 2.20. The summed E-state index contributed by atoms with van der Waals surface area (Å²) in [6.45, 7) is 4.02. The van der Waals surface area contributed by atoms with E-state index in [9.17, 15) is 9.90 Å². The van der Waals surface area contributed by atoms with Crippen LogP contribution < -0.4 is 4.74 Å². The van der Waals surface area contributed by atoms with Crippen molar-refractivity contribution in [1.29, 1.82) is 0 Å². The summed E-state index contributed by atoms with van der Waals surface area (Å²) < 4.78 is 5.70. The summed E-state index contributed by atoms with van der Waals surface area (Å²) in [5, 5.41) is 9.33. The maximum absolute atomic E-state index is 13.0. The van der Waals surface area contributed by atoms with Crippen LogP contribution in [0, 0.1) is 5.92 Å². The van der Waals surface area contributed by atoms with Gasteiger partial charge in [0, 0.05) is 12.0 Å². The van der Waals surface area contributed by atoms with Gasteiger partial charge in [0.25, 0.3) is 0 Å². The summed E-state index contributed by atoms with van der Waals surface area (Å²) in [5.74, 6) is 1.56. The van der Waals surface area contributed by atoms with Gasteiger partial charge in [-0.3, -0.25) is 9.78 Å². The van der Waals surface area contributed by atoms with Crippen LogP contribution in [0.15, 0.2) is 54.7 Å². The van der Waals surface area contributed by atoms with Crippen LogP contribution in [0.3, 0.4) is 0 Å². The van der Waals surface area contributed by atoms with Gasteiger partial charge < -0.3 is 9.84 Å². The van der Waals surface area contributed by atoms with Crippen LogP contribution in [-0.4, -0.2) is 27.0 Å². The van der Waals surface area contributed by atoms with E-state index in [-0.39, 0.29) is 18.5 Å². The van der Waals surface area contributed by atoms with Crippen molar-refractivity contribution in [3.05, 3.63) is 77.2 Å². The molecule has 0 amide bonds. The number of aliphatic hydroxyl groups is 1. The molecule has 1 heterocycles. The number of hydrogen-bond donors (Lipinski definition) is 1. The molecule has 1 aliphatic carbocycles. The van der Waals surface area contributed by atoms with Gasteiger partial charge in [-0.05, 0) is 49.4 Å². The first-order chi connectivity index (χ1) is 17.0. The third-order valence-electron chi connectivity index (χ3n) is 6.63. The lowest BCUT2D eigenvalue weighted by Gasteiger charge is -2.22. The number of rotatable bonds is 10. The smallest absolute Gasteiger partial charge is 0.143 e. The molecule has 1 N–H and O–H groups in total.